The van der Waals surface area contributed by atoms with Gasteiger partial charge in [0.2, 0.25) is 0 Å². The highest BCUT2D eigenvalue weighted by Crippen LogP contribution is 2.33. The quantitative estimate of drug-likeness (QED) is 0.260. The van der Waals surface area contributed by atoms with Crippen molar-refractivity contribution in [2.45, 2.75) is 34.6 Å². The summed E-state index contributed by atoms with van der Waals surface area (Å²) in [6.45, 7) is 17.7. The van der Waals surface area contributed by atoms with E-state index in [9.17, 15) is 4.39 Å². The molecule has 0 atom stereocenters. The molecule has 2 N–H and O–H groups in total. The third-order valence-electron chi connectivity index (χ3n) is 5.72. The summed E-state index contributed by atoms with van der Waals surface area (Å²) in [7, 11) is 0. The van der Waals surface area contributed by atoms with Crippen molar-refractivity contribution >= 4 is 22.2 Å². The molecule has 4 aromatic rings. The zero-order valence-electron chi connectivity index (χ0n) is 21.6. The first kappa shape index (κ1) is 26.4. The molecular weight excluding hydrogens is 447 g/mol. The van der Waals surface area contributed by atoms with E-state index < -0.39 is 0 Å². The van der Waals surface area contributed by atoms with Gasteiger partial charge in [0, 0.05) is 11.3 Å². The van der Waals surface area contributed by atoms with Crippen molar-refractivity contribution in [1.29, 1.82) is 0 Å². The Hall–Kier alpha value is -4.25. The van der Waals surface area contributed by atoms with Gasteiger partial charge in [0.1, 0.15) is 17.0 Å². The summed E-state index contributed by atoms with van der Waals surface area (Å²) in [5.41, 5.74) is 9.99. The number of H-pyrrole nitrogens is 2. The van der Waals surface area contributed by atoms with Crippen LogP contribution < -0.4 is 0 Å². The van der Waals surface area contributed by atoms with Crippen LogP contribution >= 0.6 is 0 Å². The van der Waals surface area contributed by atoms with Crippen LogP contribution in [0.4, 0.5) is 4.39 Å². The molecule has 0 aliphatic carbocycles. The Kier molecular flexibility index (Phi) is 8.74. The summed E-state index contributed by atoms with van der Waals surface area (Å²) in [5, 5.41) is 7.64. The van der Waals surface area contributed by atoms with Gasteiger partial charge in [0.15, 0.2) is 0 Å². The number of nitrogens with zero attached hydrogens (tertiary/aromatic N) is 2. The van der Waals surface area contributed by atoms with Crippen LogP contribution in [-0.4, -0.2) is 20.2 Å². The van der Waals surface area contributed by atoms with E-state index in [1.165, 1.54) is 12.1 Å². The van der Waals surface area contributed by atoms with Crippen LogP contribution in [0.2, 0.25) is 0 Å². The Morgan fingerprint density at radius 2 is 1.78 bits per heavy atom. The molecule has 3 heterocycles. The number of aromatic amines is 2. The lowest BCUT2D eigenvalue weighted by Gasteiger charge is -2.07. The fourth-order valence-corrected chi connectivity index (χ4v) is 3.91. The Morgan fingerprint density at radius 1 is 1.06 bits per heavy atom. The Morgan fingerprint density at radius 3 is 2.42 bits per heavy atom. The number of hydrogen-bond acceptors (Lipinski definition) is 2. The Labute approximate surface area is 212 Å². The lowest BCUT2D eigenvalue weighted by Crippen LogP contribution is -1.89. The van der Waals surface area contributed by atoms with E-state index in [1.807, 2.05) is 65.0 Å². The van der Waals surface area contributed by atoms with E-state index in [-0.39, 0.29) is 5.82 Å². The monoisotopic (exact) mass is 480 g/mol. The third-order valence-corrected chi connectivity index (χ3v) is 5.72. The number of benzene rings is 1. The van der Waals surface area contributed by atoms with Gasteiger partial charge >= 0.3 is 0 Å². The second-order valence-corrected chi connectivity index (χ2v) is 8.05. The van der Waals surface area contributed by atoms with Crippen molar-refractivity contribution in [3.63, 3.8) is 0 Å². The highest BCUT2D eigenvalue weighted by atomic mass is 19.1. The first-order chi connectivity index (χ1) is 17.4. The molecule has 1 aromatic carbocycles. The zero-order chi connectivity index (χ0) is 26.2. The van der Waals surface area contributed by atoms with Crippen molar-refractivity contribution in [1.82, 2.24) is 20.2 Å². The highest BCUT2D eigenvalue weighted by Gasteiger charge is 2.17. The minimum atomic E-state index is -0.267. The molecule has 0 aliphatic heterocycles. The maximum absolute atomic E-state index is 13.5. The molecule has 3 aromatic heterocycles. The topological polar surface area (TPSA) is 57.4 Å². The predicted octanol–water partition coefficient (Wildman–Crippen LogP) is 8.58. The number of halogens is 1. The van der Waals surface area contributed by atoms with E-state index in [0.29, 0.717) is 0 Å². The summed E-state index contributed by atoms with van der Waals surface area (Å²) in [6.07, 6.45) is 9.59. The standard InChI is InChI=1S/C29H27FN4.C2H6/c1-6-9-23(21-10-12-22(30)13-11-21)24-17-27(31-19(24)5)29-28-26(33-34-29)15-14-25(32-28)20(8-3)16-18(4)7-2;1-2/h6-17,31H,1-2H2,3-5H3,(H,33,34);1-2H3/b18-16-,20-8+,23-9-;. The van der Waals surface area contributed by atoms with Gasteiger partial charge in [-0.05, 0) is 67.8 Å². The summed E-state index contributed by atoms with van der Waals surface area (Å²) < 4.78 is 13.5. The van der Waals surface area contributed by atoms with E-state index in [4.69, 9.17) is 4.98 Å². The molecule has 0 bridgehead atoms. The molecule has 0 radical (unpaired) electrons. The number of allylic oxidation sites excluding steroid dienone is 7. The van der Waals surface area contributed by atoms with Crippen molar-refractivity contribution in [2.24, 2.45) is 0 Å². The molecule has 0 unspecified atom stereocenters. The number of pyridine rings is 1. The molecule has 0 aliphatic rings. The highest BCUT2D eigenvalue weighted by molar-refractivity contribution is 5.92. The third kappa shape index (κ3) is 5.52. The maximum Gasteiger partial charge on any atom is 0.135 e. The second kappa shape index (κ2) is 11.9. The van der Waals surface area contributed by atoms with Crippen molar-refractivity contribution in [3.8, 4) is 11.4 Å². The summed E-state index contributed by atoms with van der Waals surface area (Å²) in [5.74, 6) is -0.267. The van der Waals surface area contributed by atoms with Gasteiger partial charge in [-0.2, -0.15) is 5.10 Å². The average Bonchev–Trinajstić information content (AvgIpc) is 3.50. The SMILES string of the molecule is C=C/C=C(/c1ccc(F)cc1)c1cc(-c2n[nH]c3ccc(C(/C=C(/C)C=C)=C/C)nc23)[nH]c1C.CC. The maximum atomic E-state index is 13.5. The fourth-order valence-electron chi connectivity index (χ4n) is 3.91. The smallest absolute Gasteiger partial charge is 0.135 e. The van der Waals surface area contributed by atoms with E-state index >= 15 is 0 Å². The average molecular weight is 481 g/mol. The second-order valence-electron chi connectivity index (χ2n) is 8.05. The lowest BCUT2D eigenvalue weighted by molar-refractivity contribution is 0.627. The van der Waals surface area contributed by atoms with Crippen LogP contribution in [0.15, 0.2) is 91.6 Å². The van der Waals surface area contributed by atoms with Gasteiger partial charge < -0.3 is 4.98 Å². The van der Waals surface area contributed by atoms with Gasteiger partial charge in [-0.3, -0.25) is 5.10 Å². The van der Waals surface area contributed by atoms with E-state index in [0.717, 1.165) is 61.7 Å². The molecule has 4 nitrogen and oxygen atoms in total. The minimum absolute atomic E-state index is 0.267. The first-order valence-electron chi connectivity index (χ1n) is 12.1. The molecule has 184 valence electrons. The Balaban J connectivity index is 0.00000176. The predicted molar refractivity (Wildman–Crippen MR) is 151 cm³/mol. The molecule has 0 fully saturated rings. The Bertz CT molecular complexity index is 1460. The van der Waals surface area contributed by atoms with Gasteiger partial charge in [-0.15, -0.1) is 0 Å². The van der Waals surface area contributed by atoms with Crippen molar-refractivity contribution in [2.75, 3.05) is 0 Å². The van der Waals surface area contributed by atoms with Crippen molar-refractivity contribution < 1.29 is 4.39 Å². The molecule has 36 heavy (non-hydrogen) atoms. The fraction of sp³-hybridized carbons (Fsp3) is 0.161. The minimum Gasteiger partial charge on any atom is -0.357 e. The van der Waals surface area contributed by atoms with Crippen LogP contribution in [0.1, 0.15) is 50.2 Å². The summed E-state index contributed by atoms with van der Waals surface area (Å²) >= 11 is 0. The number of hydrogen-bond donors (Lipinski definition) is 2. The number of rotatable bonds is 7. The summed E-state index contributed by atoms with van der Waals surface area (Å²) in [6, 6.07) is 12.5. The number of aromatic nitrogens is 4. The lowest BCUT2D eigenvalue weighted by atomic mass is 9.97. The molecule has 0 saturated heterocycles. The molecule has 4 rings (SSSR count). The van der Waals surface area contributed by atoms with Crippen LogP contribution in [0, 0.1) is 12.7 Å². The van der Waals surface area contributed by atoms with Crippen LogP contribution in [-0.2, 0) is 0 Å². The number of fused-ring (bicyclic) bond motifs is 1. The molecule has 0 amide bonds. The summed E-state index contributed by atoms with van der Waals surface area (Å²) in [4.78, 5) is 8.38. The number of nitrogens with one attached hydrogen (secondary N) is 2. The van der Waals surface area contributed by atoms with Gasteiger partial charge in [-0.25, -0.2) is 9.37 Å². The molecule has 5 heteroatoms. The molecular formula is C31H33FN4. The van der Waals surface area contributed by atoms with E-state index in [1.54, 1.807) is 18.2 Å². The van der Waals surface area contributed by atoms with Crippen LogP contribution in [0.5, 0.6) is 0 Å². The van der Waals surface area contributed by atoms with Crippen LogP contribution in [0.25, 0.3) is 33.6 Å². The number of aryl methyl sites for hydroxylation is 1. The van der Waals surface area contributed by atoms with Crippen LogP contribution in [0.3, 0.4) is 0 Å². The largest absolute Gasteiger partial charge is 0.357 e. The van der Waals surface area contributed by atoms with Gasteiger partial charge in [-0.1, -0.05) is 75.1 Å². The van der Waals surface area contributed by atoms with Crippen molar-refractivity contribution in [3.05, 3.63) is 120 Å². The first-order valence-corrected chi connectivity index (χ1v) is 12.1. The van der Waals surface area contributed by atoms with Gasteiger partial charge in [0.05, 0.1) is 16.9 Å². The molecule has 0 saturated carbocycles. The zero-order valence-corrected chi connectivity index (χ0v) is 21.6. The van der Waals surface area contributed by atoms with Gasteiger partial charge in [0.25, 0.3) is 0 Å². The normalized spacial score (nSPS) is 12.3. The van der Waals surface area contributed by atoms with E-state index in [2.05, 4.69) is 40.5 Å². The molecule has 0 spiro atoms.